The van der Waals surface area contributed by atoms with Crippen LogP contribution in [0, 0.1) is 6.92 Å². The van der Waals surface area contributed by atoms with Crippen LogP contribution in [-0.4, -0.2) is 46.4 Å². The van der Waals surface area contributed by atoms with E-state index in [0.29, 0.717) is 11.5 Å². The Morgan fingerprint density at radius 3 is 2.30 bits per heavy atom. The Balaban J connectivity index is 1.79. The normalized spacial score (nSPS) is 12.5. The van der Waals surface area contributed by atoms with Gasteiger partial charge in [-0.25, -0.2) is 13.2 Å². The molecule has 11 heteroatoms. The topological polar surface area (TPSA) is 139 Å². The fourth-order valence-corrected chi connectivity index (χ4v) is 4.51. The fraction of sp³-hybridized carbons (Fsp3) is 0.227. The molecule has 1 aromatic heterocycles. The second kappa shape index (κ2) is 9.84. The molecular weight excluding hydrogens is 450 g/mol. The number of benzene rings is 2. The molecule has 0 aliphatic carbocycles. The summed E-state index contributed by atoms with van der Waals surface area (Å²) in [6, 6.07) is 13.0. The number of rotatable bonds is 9. The Morgan fingerprint density at radius 1 is 1.09 bits per heavy atom. The standard InChI is InChI=1S/C22H23N3O7S/c1-15-14-23-22(29)25(20(15)26)13-12-19(21(27)28)24(2)33(30,31)18-10-8-17(9-11-18)32-16-6-4-3-5-7-16/h3-11,14,19H,12-13H2,1-2H3,(H,23,29)(H,27,28). The van der Waals surface area contributed by atoms with E-state index in [1.165, 1.54) is 37.4 Å². The highest BCUT2D eigenvalue weighted by Gasteiger charge is 2.33. The number of aromatic nitrogens is 2. The van der Waals surface area contributed by atoms with E-state index in [1.807, 2.05) is 6.07 Å². The zero-order chi connectivity index (χ0) is 24.2. The Labute approximate surface area is 189 Å². The number of carboxylic acid groups (broad SMARTS) is 1. The van der Waals surface area contributed by atoms with Crippen molar-refractivity contribution >= 4 is 16.0 Å². The van der Waals surface area contributed by atoms with Crippen molar-refractivity contribution in [3.8, 4) is 11.5 Å². The molecule has 0 saturated carbocycles. The van der Waals surface area contributed by atoms with Gasteiger partial charge in [-0.05, 0) is 49.7 Å². The van der Waals surface area contributed by atoms with Gasteiger partial charge in [0.25, 0.3) is 5.56 Å². The average Bonchev–Trinajstić information content (AvgIpc) is 2.79. The van der Waals surface area contributed by atoms with Gasteiger partial charge in [0, 0.05) is 25.4 Å². The van der Waals surface area contributed by atoms with Crippen LogP contribution in [0.1, 0.15) is 12.0 Å². The van der Waals surface area contributed by atoms with Crippen molar-refractivity contribution in [3.63, 3.8) is 0 Å². The van der Waals surface area contributed by atoms with Crippen molar-refractivity contribution in [3.05, 3.63) is 87.2 Å². The van der Waals surface area contributed by atoms with E-state index in [9.17, 15) is 27.9 Å². The monoisotopic (exact) mass is 473 g/mol. The highest BCUT2D eigenvalue weighted by atomic mass is 32.2. The van der Waals surface area contributed by atoms with Gasteiger partial charge in [-0.1, -0.05) is 18.2 Å². The van der Waals surface area contributed by atoms with Crippen molar-refractivity contribution < 1.29 is 23.1 Å². The number of sulfonamides is 1. The van der Waals surface area contributed by atoms with Crippen molar-refractivity contribution in [2.75, 3.05) is 7.05 Å². The summed E-state index contributed by atoms with van der Waals surface area (Å²) in [5.41, 5.74) is -0.989. The first-order chi connectivity index (χ1) is 15.6. The molecule has 174 valence electrons. The SMILES string of the molecule is Cc1c[nH]c(=O)n(CCC(C(=O)O)N(C)S(=O)(=O)c2ccc(Oc3ccccc3)cc2)c1=O. The second-order valence-electron chi connectivity index (χ2n) is 7.28. The number of ether oxygens (including phenoxy) is 1. The van der Waals surface area contributed by atoms with E-state index < -0.39 is 33.3 Å². The summed E-state index contributed by atoms with van der Waals surface area (Å²) >= 11 is 0. The lowest BCUT2D eigenvalue weighted by Gasteiger charge is -2.24. The molecule has 3 aromatic rings. The zero-order valence-corrected chi connectivity index (χ0v) is 18.8. The number of hydrogen-bond acceptors (Lipinski definition) is 6. The number of para-hydroxylation sites is 1. The molecule has 0 amide bonds. The summed E-state index contributed by atoms with van der Waals surface area (Å²) in [5.74, 6) is -0.407. The Kier molecular flexibility index (Phi) is 7.14. The third kappa shape index (κ3) is 5.38. The number of nitrogens with zero attached hydrogens (tertiary/aromatic N) is 2. The molecule has 0 bridgehead atoms. The summed E-state index contributed by atoms with van der Waals surface area (Å²) in [6.45, 7) is 1.24. The summed E-state index contributed by atoms with van der Waals surface area (Å²) in [5, 5.41) is 9.63. The van der Waals surface area contributed by atoms with Gasteiger partial charge >= 0.3 is 11.7 Å². The van der Waals surface area contributed by atoms with Crippen LogP contribution >= 0.6 is 0 Å². The first-order valence-electron chi connectivity index (χ1n) is 9.94. The minimum absolute atomic E-state index is 0.123. The number of likely N-dealkylation sites (N-methyl/N-ethyl adjacent to an activating group) is 1. The van der Waals surface area contributed by atoms with E-state index in [-0.39, 0.29) is 23.4 Å². The third-order valence-electron chi connectivity index (χ3n) is 5.07. The van der Waals surface area contributed by atoms with Crippen LogP contribution in [0.5, 0.6) is 11.5 Å². The predicted octanol–water partition coefficient (Wildman–Crippen LogP) is 1.80. The van der Waals surface area contributed by atoms with Crippen molar-refractivity contribution in [2.24, 2.45) is 0 Å². The molecule has 1 atom stereocenters. The van der Waals surface area contributed by atoms with Crippen LogP contribution in [0.2, 0.25) is 0 Å². The quantitative estimate of drug-likeness (QED) is 0.483. The highest BCUT2D eigenvalue weighted by molar-refractivity contribution is 7.89. The molecule has 2 N–H and O–H groups in total. The van der Waals surface area contributed by atoms with Gasteiger partial charge in [-0.2, -0.15) is 4.31 Å². The lowest BCUT2D eigenvalue weighted by atomic mass is 10.2. The number of aromatic amines is 1. The first-order valence-corrected chi connectivity index (χ1v) is 11.4. The van der Waals surface area contributed by atoms with E-state index in [1.54, 1.807) is 24.3 Å². The minimum atomic E-state index is -4.18. The molecule has 0 saturated heterocycles. The molecule has 1 heterocycles. The number of aliphatic carboxylic acids is 1. The number of aryl methyl sites for hydroxylation is 1. The zero-order valence-electron chi connectivity index (χ0n) is 18.0. The fourth-order valence-electron chi connectivity index (χ4n) is 3.17. The van der Waals surface area contributed by atoms with Gasteiger partial charge in [0.15, 0.2) is 0 Å². The van der Waals surface area contributed by atoms with Gasteiger partial charge in [-0.3, -0.25) is 14.2 Å². The molecule has 0 spiro atoms. The average molecular weight is 474 g/mol. The Bertz CT molecular complexity index is 1350. The van der Waals surface area contributed by atoms with Crippen molar-refractivity contribution in [2.45, 2.75) is 30.8 Å². The van der Waals surface area contributed by atoms with Gasteiger partial charge in [0.2, 0.25) is 10.0 Å². The molecular formula is C22H23N3O7S. The molecule has 0 aliphatic rings. The van der Waals surface area contributed by atoms with E-state index >= 15 is 0 Å². The molecule has 3 rings (SSSR count). The molecule has 10 nitrogen and oxygen atoms in total. The molecule has 2 aromatic carbocycles. The number of carboxylic acids is 1. The van der Waals surface area contributed by atoms with Crippen LogP contribution in [-0.2, 0) is 21.4 Å². The molecule has 0 fully saturated rings. The molecule has 1 unspecified atom stereocenters. The summed E-state index contributed by atoms with van der Waals surface area (Å²) < 4.78 is 33.3. The van der Waals surface area contributed by atoms with Gasteiger partial charge in [0.1, 0.15) is 17.5 Å². The number of nitrogens with one attached hydrogen (secondary N) is 1. The van der Waals surface area contributed by atoms with Crippen LogP contribution in [0.3, 0.4) is 0 Å². The number of carbonyl (C=O) groups is 1. The van der Waals surface area contributed by atoms with E-state index in [0.717, 1.165) is 15.9 Å². The minimum Gasteiger partial charge on any atom is -0.480 e. The Morgan fingerprint density at radius 2 is 1.70 bits per heavy atom. The van der Waals surface area contributed by atoms with Crippen molar-refractivity contribution in [1.82, 2.24) is 13.9 Å². The van der Waals surface area contributed by atoms with Crippen LogP contribution in [0.15, 0.2) is 75.3 Å². The first kappa shape index (κ1) is 24.0. The molecule has 0 radical (unpaired) electrons. The summed E-state index contributed by atoms with van der Waals surface area (Å²) in [7, 11) is -3.04. The van der Waals surface area contributed by atoms with Crippen molar-refractivity contribution in [1.29, 1.82) is 0 Å². The largest absolute Gasteiger partial charge is 0.480 e. The maximum atomic E-state index is 13.0. The lowest BCUT2D eigenvalue weighted by Crippen LogP contribution is -2.44. The third-order valence-corrected chi connectivity index (χ3v) is 6.95. The molecule has 33 heavy (non-hydrogen) atoms. The van der Waals surface area contributed by atoms with Gasteiger partial charge in [0.05, 0.1) is 4.90 Å². The number of hydrogen-bond donors (Lipinski definition) is 2. The highest BCUT2D eigenvalue weighted by Crippen LogP contribution is 2.25. The summed E-state index contributed by atoms with van der Waals surface area (Å²) in [6.07, 6.45) is 0.976. The molecule has 0 aliphatic heterocycles. The van der Waals surface area contributed by atoms with Crippen LogP contribution in [0.4, 0.5) is 0 Å². The smallest absolute Gasteiger partial charge is 0.328 e. The van der Waals surface area contributed by atoms with E-state index in [2.05, 4.69) is 4.98 Å². The predicted molar refractivity (Wildman–Crippen MR) is 120 cm³/mol. The maximum Gasteiger partial charge on any atom is 0.328 e. The van der Waals surface area contributed by atoms with Gasteiger partial charge in [-0.15, -0.1) is 0 Å². The van der Waals surface area contributed by atoms with Crippen LogP contribution < -0.4 is 16.0 Å². The number of H-pyrrole nitrogens is 1. The van der Waals surface area contributed by atoms with E-state index in [4.69, 9.17) is 4.74 Å². The Hall–Kier alpha value is -3.70. The second-order valence-corrected chi connectivity index (χ2v) is 9.28. The summed E-state index contributed by atoms with van der Waals surface area (Å²) in [4.78, 5) is 38.2. The van der Waals surface area contributed by atoms with Crippen LogP contribution in [0.25, 0.3) is 0 Å². The maximum absolute atomic E-state index is 13.0. The van der Waals surface area contributed by atoms with Gasteiger partial charge < -0.3 is 14.8 Å². The lowest BCUT2D eigenvalue weighted by molar-refractivity contribution is -0.141.